The number of piperazine rings is 1. The van der Waals surface area contributed by atoms with E-state index in [-0.39, 0.29) is 23.4 Å². The van der Waals surface area contributed by atoms with Crippen LogP contribution in [0.25, 0.3) is 0 Å². The highest BCUT2D eigenvalue weighted by Crippen LogP contribution is 2.33. The Labute approximate surface area is 153 Å². The van der Waals surface area contributed by atoms with E-state index in [0.29, 0.717) is 25.0 Å². The number of aliphatic imine (C=N–C) groups is 1. The number of rotatable bonds is 5. The first-order chi connectivity index (χ1) is 12.5. The predicted octanol–water partition coefficient (Wildman–Crippen LogP) is 1.77. The number of aliphatic hydroxyl groups excluding tert-OH is 1. The van der Waals surface area contributed by atoms with Crippen molar-refractivity contribution in [2.45, 2.75) is 25.7 Å². The minimum absolute atomic E-state index is 0.0847. The van der Waals surface area contributed by atoms with Gasteiger partial charge in [0.1, 0.15) is 11.5 Å². The Morgan fingerprint density at radius 1 is 1.35 bits per heavy atom. The highest BCUT2D eigenvalue weighted by atomic mass is 16.3. The molecular formula is C19H25N3O4. The SMILES string of the molecule is CC(=O)N1CCN(CCN=CC2=C(O)CC(c3ccco3)CC2=O)CC1. The summed E-state index contributed by atoms with van der Waals surface area (Å²) >= 11 is 0. The van der Waals surface area contributed by atoms with E-state index in [4.69, 9.17) is 4.42 Å². The van der Waals surface area contributed by atoms with Crippen molar-refractivity contribution in [1.82, 2.24) is 9.80 Å². The number of hydrogen-bond acceptors (Lipinski definition) is 6. The molecule has 1 amide bonds. The molecule has 0 radical (unpaired) electrons. The molecule has 140 valence electrons. The summed E-state index contributed by atoms with van der Waals surface area (Å²) in [4.78, 5) is 32.0. The number of carbonyl (C=O) groups excluding carboxylic acids is 2. The van der Waals surface area contributed by atoms with Crippen molar-refractivity contribution in [3.05, 3.63) is 35.5 Å². The number of ketones is 1. The van der Waals surface area contributed by atoms with Crippen LogP contribution in [-0.4, -0.2) is 72.1 Å². The van der Waals surface area contributed by atoms with Crippen LogP contribution in [-0.2, 0) is 9.59 Å². The summed E-state index contributed by atoms with van der Waals surface area (Å²) in [6.45, 7) is 6.11. The molecule has 26 heavy (non-hydrogen) atoms. The molecule has 2 heterocycles. The van der Waals surface area contributed by atoms with E-state index >= 15 is 0 Å². The van der Waals surface area contributed by atoms with Gasteiger partial charge in [0.15, 0.2) is 5.78 Å². The number of hydrogen-bond donors (Lipinski definition) is 1. The van der Waals surface area contributed by atoms with Crippen molar-refractivity contribution in [3.8, 4) is 0 Å². The summed E-state index contributed by atoms with van der Waals surface area (Å²) in [5, 5.41) is 10.2. The monoisotopic (exact) mass is 359 g/mol. The molecule has 1 unspecified atom stereocenters. The molecule has 0 saturated carbocycles. The van der Waals surface area contributed by atoms with Gasteiger partial charge < -0.3 is 14.4 Å². The number of aliphatic hydroxyl groups is 1. The van der Waals surface area contributed by atoms with Gasteiger partial charge in [-0.15, -0.1) is 0 Å². The molecule has 7 nitrogen and oxygen atoms in total. The topological polar surface area (TPSA) is 86.3 Å². The number of nitrogens with zero attached hydrogens (tertiary/aromatic N) is 3. The van der Waals surface area contributed by atoms with E-state index < -0.39 is 0 Å². The van der Waals surface area contributed by atoms with Gasteiger partial charge in [-0.1, -0.05) is 0 Å². The van der Waals surface area contributed by atoms with Crippen LogP contribution >= 0.6 is 0 Å². The molecule has 1 aromatic heterocycles. The summed E-state index contributed by atoms with van der Waals surface area (Å²) in [5.41, 5.74) is 0.314. The van der Waals surface area contributed by atoms with Gasteiger partial charge in [-0.05, 0) is 12.1 Å². The van der Waals surface area contributed by atoms with E-state index in [1.807, 2.05) is 11.0 Å². The van der Waals surface area contributed by atoms with Crippen LogP contribution in [0.4, 0.5) is 0 Å². The fraction of sp³-hybridized carbons (Fsp3) is 0.526. The number of carbonyl (C=O) groups is 2. The average Bonchev–Trinajstić information content (AvgIpc) is 3.15. The molecule has 1 aliphatic carbocycles. The second kappa shape index (κ2) is 8.31. The Morgan fingerprint density at radius 3 is 2.73 bits per heavy atom. The number of furan rings is 1. The van der Waals surface area contributed by atoms with Crippen molar-refractivity contribution in [1.29, 1.82) is 0 Å². The standard InChI is InChI=1S/C19H25N3O4/c1-14(23)22-8-6-21(7-9-22)5-4-20-13-16-17(24)11-15(12-18(16)25)19-3-2-10-26-19/h2-3,10,13,15,24H,4-9,11-12H2,1H3. The predicted molar refractivity (Wildman–Crippen MR) is 97.4 cm³/mol. The maximum absolute atomic E-state index is 12.3. The van der Waals surface area contributed by atoms with E-state index in [0.717, 1.165) is 38.5 Å². The Balaban J connectivity index is 1.48. The minimum Gasteiger partial charge on any atom is -0.511 e. The molecule has 1 fully saturated rings. The summed E-state index contributed by atoms with van der Waals surface area (Å²) in [6, 6.07) is 3.62. The van der Waals surface area contributed by atoms with Gasteiger partial charge in [0.25, 0.3) is 0 Å². The van der Waals surface area contributed by atoms with Crippen molar-refractivity contribution in [3.63, 3.8) is 0 Å². The lowest BCUT2D eigenvalue weighted by molar-refractivity contribution is -0.130. The molecule has 3 rings (SSSR count). The molecule has 1 aromatic rings. The summed E-state index contributed by atoms with van der Waals surface area (Å²) < 4.78 is 5.34. The molecule has 2 aliphatic rings. The Hall–Kier alpha value is -2.41. The molecule has 0 aromatic carbocycles. The third-order valence-corrected chi connectivity index (χ3v) is 5.01. The quantitative estimate of drug-likeness (QED) is 0.810. The average molecular weight is 359 g/mol. The van der Waals surface area contributed by atoms with Crippen LogP contribution in [0.3, 0.4) is 0 Å². The van der Waals surface area contributed by atoms with Crippen molar-refractivity contribution in [2.75, 3.05) is 39.3 Å². The first-order valence-electron chi connectivity index (χ1n) is 9.01. The first-order valence-corrected chi connectivity index (χ1v) is 9.01. The van der Waals surface area contributed by atoms with Crippen molar-refractivity contribution < 1.29 is 19.1 Å². The summed E-state index contributed by atoms with van der Waals surface area (Å²) in [7, 11) is 0. The van der Waals surface area contributed by atoms with Gasteiger partial charge in [-0.25, -0.2) is 0 Å². The molecule has 7 heteroatoms. The van der Waals surface area contributed by atoms with Crippen LogP contribution in [0.15, 0.2) is 39.1 Å². The zero-order valence-corrected chi connectivity index (χ0v) is 15.1. The molecule has 0 spiro atoms. The molecule has 1 atom stereocenters. The van der Waals surface area contributed by atoms with E-state index in [1.165, 1.54) is 6.21 Å². The maximum atomic E-state index is 12.3. The highest BCUT2D eigenvalue weighted by molar-refractivity contribution is 6.14. The lowest BCUT2D eigenvalue weighted by atomic mass is 9.86. The molecule has 1 aliphatic heterocycles. The fourth-order valence-corrected chi connectivity index (χ4v) is 3.42. The van der Waals surface area contributed by atoms with E-state index in [2.05, 4.69) is 9.89 Å². The van der Waals surface area contributed by atoms with Crippen LogP contribution in [0, 0.1) is 0 Å². The Bertz CT molecular complexity index is 700. The van der Waals surface area contributed by atoms with Crippen LogP contribution in [0.5, 0.6) is 0 Å². The van der Waals surface area contributed by atoms with Gasteiger partial charge in [0.2, 0.25) is 5.91 Å². The molecule has 0 bridgehead atoms. The Morgan fingerprint density at radius 2 is 2.12 bits per heavy atom. The van der Waals surface area contributed by atoms with Gasteiger partial charge in [-0.3, -0.25) is 19.5 Å². The van der Waals surface area contributed by atoms with Gasteiger partial charge in [0.05, 0.1) is 18.4 Å². The normalized spacial score (nSPS) is 22.4. The molecule has 1 saturated heterocycles. The first kappa shape index (κ1) is 18.4. The summed E-state index contributed by atoms with van der Waals surface area (Å²) in [6.07, 6.45) is 3.80. The lowest BCUT2D eigenvalue weighted by Gasteiger charge is -2.33. The second-order valence-corrected chi connectivity index (χ2v) is 6.79. The molecule has 1 N–H and O–H groups in total. The van der Waals surface area contributed by atoms with Gasteiger partial charge >= 0.3 is 0 Å². The maximum Gasteiger partial charge on any atom is 0.219 e. The van der Waals surface area contributed by atoms with E-state index in [9.17, 15) is 14.7 Å². The van der Waals surface area contributed by atoms with E-state index in [1.54, 1.807) is 19.3 Å². The summed E-state index contributed by atoms with van der Waals surface area (Å²) in [5.74, 6) is 0.724. The van der Waals surface area contributed by atoms with Crippen LogP contribution in [0.1, 0.15) is 31.4 Å². The minimum atomic E-state index is -0.104. The number of amides is 1. The second-order valence-electron chi connectivity index (χ2n) is 6.79. The van der Waals surface area contributed by atoms with Gasteiger partial charge in [0, 0.05) is 64.6 Å². The smallest absolute Gasteiger partial charge is 0.219 e. The third kappa shape index (κ3) is 4.40. The Kier molecular flexibility index (Phi) is 5.88. The molecular weight excluding hydrogens is 334 g/mol. The highest BCUT2D eigenvalue weighted by Gasteiger charge is 2.29. The van der Waals surface area contributed by atoms with Crippen molar-refractivity contribution in [2.24, 2.45) is 4.99 Å². The van der Waals surface area contributed by atoms with Crippen LogP contribution < -0.4 is 0 Å². The lowest BCUT2D eigenvalue weighted by Crippen LogP contribution is -2.48. The zero-order valence-electron chi connectivity index (χ0n) is 15.1. The third-order valence-electron chi connectivity index (χ3n) is 5.01. The fourth-order valence-electron chi connectivity index (χ4n) is 3.42. The van der Waals surface area contributed by atoms with Crippen LogP contribution in [0.2, 0.25) is 0 Å². The van der Waals surface area contributed by atoms with Gasteiger partial charge in [-0.2, -0.15) is 0 Å². The zero-order chi connectivity index (χ0) is 18.5. The number of allylic oxidation sites excluding steroid dienone is 2. The number of Topliss-reactive ketones (excluding diaryl/α,β-unsaturated/α-hetero) is 1. The largest absolute Gasteiger partial charge is 0.511 e. The van der Waals surface area contributed by atoms with Crippen molar-refractivity contribution >= 4 is 17.9 Å².